The highest BCUT2D eigenvalue weighted by Crippen LogP contribution is 2.13. The third kappa shape index (κ3) is 4.12. The molecule has 1 aromatic carbocycles. The molecule has 0 aromatic heterocycles. The van der Waals surface area contributed by atoms with E-state index in [-0.39, 0.29) is 18.5 Å². The number of rotatable bonds is 4. The van der Waals surface area contributed by atoms with Gasteiger partial charge in [0.2, 0.25) is 0 Å². The maximum Gasteiger partial charge on any atom is 0.255 e. The number of nitrogens with zero attached hydrogens (tertiary/aromatic N) is 2. The zero-order valence-corrected chi connectivity index (χ0v) is 11.9. The summed E-state index contributed by atoms with van der Waals surface area (Å²) in [6, 6.07) is 9.31. The van der Waals surface area contributed by atoms with Gasteiger partial charge in [-0.25, -0.2) is 0 Å². The highest BCUT2D eigenvalue weighted by Gasteiger charge is 2.20. The van der Waals surface area contributed by atoms with Crippen LogP contribution in [-0.4, -0.2) is 29.9 Å². The summed E-state index contributed by atoms with van der Waals surface area (Å²) in [5, 5.41) is 8.70. The van der Waals surface area contributed by atoms with Gasteiger partial charge in [0.05, 0.1) is 24.6 Å². The van der Waals surface area contributed by atoms with Crippen molar-refractivity contribution in [1.29, 1.82) is 5.26 Å². The summed E-state index contributed by atoms with van der Waals surface area (Å²) in [4.78, 5) is 14.3. The van der Waals surface area contributed by atoms with E-state index >= 15 is 0 Å². The molecule has 0 heterocycles. The molecule has 0 unspecified atom stereocenters. The zero-order chi connectivity index (χ0) is 15.0. The van der Waals surface area contributed by atoms with Gasteiger partial charge in [0.1, 0.15) is 0 Å². The average molecular weight is 269 g/mol. The van der Waals surface area contributed by atoms with Crippen molar-refractivity contribution in [2.75, 3.05) is 13.1 Å². The number of hydrogen-bond acceptors (Lipinski definition) is 3. The first-order valence-electron chi connectivity index (χ1n) is 6.57. The van der Waals surface area contributed by atoms with Crippen molar-refractivity contribution >= 4 is 5.91 Å². The molecule has 0 fully saturated rings. The SMILES string of the molecule is CC(C)N(CCC#N)C(=O)c1ccccc1C#CCN. The normalized spacial score (nSPS) is 9.55. The van der Waals surface area contributed by atoms with Gasteiger partial charge in [0, 0.05) is 18.2 Å². The quantitative estimate of drug-likeness (QED) is 0.847. The van der Waals surface area contributed by atoms with Gasteiger partial charge >= 0.3 is 0 Å². The summed E-state index contributed by atoms with van der Waals surface area (Å²) in [5.41, 5.74) is 6.60. The van der Waals surface area contributed by atoms with E-state index < -0.39 is 0 Å². The van der Waals surface area contributed by atoms with Crippen molar-refractivity contribution in [2.24, 2.45) is 5.73 Å². The minimum atomic E-state index is -0.0998. The van der Waals surface area contributed by atoms with Crippen molar-refractivity contribution in [2.45, 2.75) is 26.3 Å². The lowest BCUT2D eigenvalue weighted by molar-refractivity contribution is 0.0710. The molecule has 0 saturated carbocycles. The van der Waals surface area contributed by atoms with Gasteiger partial charge in [-0.1, -0.05) is 24.0 Å². The molecule has 0 saturated heterocycles. The van der Waals surface area contributed by atoms with E-state index in [2.05, 4.69) is 17.9 Å². The van der Waals surface area contributed by atoms with Gasteiger partial charge in [0.15, 0.2) is 0 Å². The van der Waals surface area contributed by atoms with E-state index in [0.717, 1.165) is 0 Å². The molecule has 0 bridgehead atoms. The van der Waals surface area contributed by atoms with Gasteiger partial charge in [-0.2, -0.15) is 5.26 Å². The third-order valence-electron chi connectivity index (χ3n) is 2.83. The van der Waals surface area contributed by atoms with Crippen LogP contribution in [0.2, 0.25) is 0 Å². The van der Waals surface area contributed by atoms with Gasteiger partial charge in [-0.3, -0.25) is 4.79 Å². The maximum absolute atomic E-state index is 12.6. The van der Waals surface area contributed by atoms with Gasteiger partial charge in [-0.05, 0) is 26.0 Å². The van der Waals surface area contributed by atoms with Crippen molar-refractivity contribution in [3.05, 3.63) is 35.4 Å². The first-order chi connectivity index (χ1) is 9.61. The number of amides is 1. The first kappa shape index (κ1) is 15.8. The Morgan fingerprint density at radius 3 is 2.70 bits per heavy atom. The molecule has 1 aromatic rings. The van der Waals surface area contributed by atoms with Crippen LogP contribution in [0.1, 0.15) is 36.2 Å². The van der Waals surface area contributed by atoms with Crippen molar-refractivity contribution < 1.29 is 4.79 Å². The Morgan fingerprint density at radius 2 is 2.10 bits per heavy atom. The van der Waals surface area contributed by atoms with E-state index in [1.807, 2.05) is 26.0 Å². The fourth-order valence-electron chi connectivity index (χ4n) is 1.84. The Labute approximate surface area is 120 Å². The molecule has 4 heteroatoms. The summed E-state index contributed by atoms with van der Waals surface area (Å²) >= 11 is 0. The summed E-state index contributed by atoms with van der Waals surface area (Å²) in [6.45, 7) is 4.55. The molecule has 1 rings (SSSR count). The Hall–Kier alpha value is -2.30. The van der Waals surface area contributed by atoms with Crippen LogP contribution in [0.25, 0.3) is 0 Å². The van der Waals surface area contributed by atoms with E-state index in [0.29, 0.717) is 24.1 Å². The van der Waals surface area contributed by atoms with Crippen LogP contribution >= 0.6 is 0 Å². The second kappa shape index (κ2) is 7.99. The summed E-state index contributed by atoms with van der Waals surface area (Å²) in [6.07, 6.45) is 0.320. The second-order valence-electron chi connectivity index (χ2n) is 4.55. The van der Waals surface area contributed by atoms with Gasteiger partial charge in [-0.15, -0.1) is 0 Å². The van der Waals surface area contributed by atoms with Crippen molar-refractivity contribution in [3.8, 4) is 17.9 Å². The molecule has 0 atom stereocenters. The Bertz CT molecular complexity index is 561. The molecule has 0 aliphatic carbocycles. The predicted octanol–water partition coefficient (Wildman–Crippen LogP) is 1.76. The van der Waals surface area contributed by atoms with Crippen LogP contribution in [-0.2, 0) is 0 Å². The Balaban J connectivity index is 3.09. The van der Waals surface area contributed by atoms with E-state index in [9.17, 15) is 4.79 Å². The van der Waals surface area contributed by atoms with Crippen molar-refractivity contribution in [3.63, 3.8) is 0 Å². The van der Waals surface area contributed by atoms with E-state index in [1.165, 1.54) is 0 Å². The van der Waals surface area contributed by atoms with Crippen molar-refractivity contribution in [1.82, 2.24) is 4.90 Å². The summed E-state index contributed by atoms with van der Waals surface area (Å²) in [5.74, 6) is 5.58. The fraction of sp³-hybridized carbons (Fsp3) is 0.375. The smallest absolute Gasteiger partial charge is 0.255 e. The number of nitrogens with two attached hydrogens (primary N) is 1. The molecule has 0 spiro atoms. The van der Waals surface area contributed by atoms with Crippen LogP contribution in [0.15, 0.2) is 24.3 Å². The monoisotopic (exact) mass is 269 g/mol. The third-order valence-corrected chi connectivity index (χ3v) is 2.83. The molecule has 2 N–H and O–H groups in total. The lowest BCUT2D eigenvalue weighted by Gasteiger charge is -2.26. The first-order valence-corrected chi connectivity index (χ1v) is 6.57. The topological polar surface area (TPSA) is 70.1 Å². The number of nitriles is 1. The maximum atomic E-state index is 12.6. The number of carbonyl (C=O) groups excluding carboxylic acids is 1. The van der Waals surface area contributed by atoms with Crippen LogP contribution in [0.4, 0.5) is 0 Å². The summed E-state index contributed by atoms with van der Waals surface area (Å²) < 4.78 is 0. The second-order valence-corrected chi connectivity index (χ2v) is 4.55. The predicted molar refractivity (Wildman–Crippen MR) is 78.8 cm³/mol. The molecule has 20 heavy (non-hydrogen) atoms. The molecular formula is C16H19N3O. The van der Waals surface area contributed by atoms with E-state index in [1.54, 1.807) is 17.0 Å². The van der Waals surface area contributed by atoms with Gasteiger partial charge in [0.25, 0.3) is 5.91 Å². The minimum absolute atomic E-state index is 0.0337. The zero-order valence-electron chi connectivity index (χ0n) is 11.9. The van der Waals surface area contributed by atoms with E-state index in [4.69, 9.17) is 11.0 Å². The minimum Gasteiger partial charge on any atom is -0.335 e. The molecule has 0 aliphatic rings. The largest absolute Gasteiger partial charge is 0.335 e. The number of hydrogen-bond donors (Lipinski definition) is 1. The lowest BCUT2D eigenvalue weighted by atomic mass is 10.1. The molecular weight excluding hydrogens is 250 g/mol. The standard InChI is InChI=1S/C16H19N3O/c1-13(2)19(12-6-11-18)16(20)15-9-4-3-7-14(15)8-5-10-17/h3-4,7,9,13H,6,10,12,17H2,1-2H3. The molecule has 1 amide bonds. The fourth-order valence-corrected chi connectivity index (χ4v) is 1.84. The molecule has 0 aliphatic heterocycles. The Morgan fingerprint density at radius 1 is 1.40 bits per heavy atom. The Kier molecular flexibility index (Phi) is 6.29. The van der Waals surface area contributed by atoms with Crippen LogP contribution < -0.4 is 5.73 Å². The number of benzene rings is 1. The van der Waals surface area contributed by atoms with Crippen LogP contribution in [0.3, 0.4) is 0 Å². The highest BCUT2D eigenvalue weighted by molar-refractivity contribution is 5.97. The highest BCUT2D eigenvalue weighted by atomic mass is 16.2. The average Bonchev–Trinajstić information content (AvgIpc) is 2.45. The molecule has 104 valence electrons. The lowest BCUT2D eigenvalue weighted by Crippen LogP contribution is -2.38. The van der Waals surface area contributed by atoms with Gasteiger partial charge < -0.3 is 10.6 Å². The summed E-state index contributed by atoms with van der Waals surface area (Å²) in [7, 11) is 0. The number of carbonyl (C=O) groups is 1. The van der Waals surface area contributed by atoms with Crippen LogP contribution in [0.5, 0.6) is 0 Å². The van der Waals surface area contributed by atoms with Crippen LogP contribution in [0, 0.1) is 23.2 Å². The molecule has 4 nitrogen and oxygen atoms in total. The molecule has 0 radical (unpaired) electrons.